The monoisotopic (exact) mass is 98.0 g/mol. The molecular formula is C4H6N2O. The van der Waals surface area contributed by atoms with E-state index < -0.39 is 0 Å². The average molecular weight is 98.1 g/mol. The molecule has 3 nitrogen and oxygen atoms in total. The van der Waals surface area contributed by atoms with Gasteiger partial charge in [0.2, 0.25) is 0 Å². The lowest BCUT2D eigenvalue weighted by Gasteiger charge is -1.83. The maximum atomic E-state index is 8.06. The lowest BCUT2D eigenvalue weighted by atomic mass is 10.4. The van der Waals surface area contributed by atoms with E-state index in [-0.39, 0.29) is 0 Å². The van der Waals surface area contributed by atoms with Gasteiger partial charge >= 0.3 is 0 Å². The summed E-state index contributed by atoms with van der Waals surface area (Å²) in [5.74, 6) is 0. The van der Waals surface area contributed by atoms with E-state index >= 15 is 0 Å². The van der Waals surface area contributed by atoms with E-state index in [0.29, 0.717) is 12.3 Å². The van der Waals surface area contributed by atoms with Crippen molar-refractivity contribution in [1.29, 1.82) is 0 Å². The topological polar surface area (TPSA) is 44.6 Å². The quantitative estimate of drug-likeness (QED) is 0.329. The van der Waals surface area contributed by atoms with Gasteiger partial charge in [0.05, 0.1) is 12.3 Å². The Kier molecular flexibility index (Phi) is 0.978. The van der Waals surface area contributed by atoms with Crippen LogP contribution in [0, 0.1) is 0 Å². The van der Waals surface area contributed by atoms with Gasteiger partial charge in [-0.05, 0) is 12.3 Å². The third kappa shape index (κ3) is 0.707. The smallest absolute Gasteiger partial charge is 0.1000 e. The van der Waals surface area contributed by atoms with E-state index in [4.69, 9.17) is 5.21 Å². The summed E-state index contributed by atoms with van der Waals surface area (Å²) in [5, 5.41) is 13.9. The molecular weight excluding hydrogens is 92.1 g/mol. The average Bonchev–Trinajstić information content (AvgIpc) is 2.14. The van der Waals surface area contributed by atoms with Crippen LogP contribution in [0.5, 0.6) is 0 Å². The molecule has 1 aliphatic heterocycles. The molecule has 0 bridgehead atoms. The van der Waals surface area contributed by atoms with Crippen molar-refractivity contribution in [1.82, 2.24) is 5.32 Å². The van der Waals surface area contributed by atoms with E-state index in [0.717, 1.165) is 0 Å². The van der Waals surface area contributed by atoms with Crippen LogP contribution in [-0.2, 0) is 0 Å². The Bertz CT molecular complexity index is 114. The van der Waals surface area contributed by atoms with Crippen LogP contribution >= 0.6 is 0 Å². The second kappa shape index (κ2) is 1.64. The minimum Gasteiger partial charge on any atom is -0.411 e. The van der Waals surface area contributed by atoms with E-state index in [9.17, 15) is 0 Å². The van der Waals surface area contributed by atoms with Crippen molar-refractivity contribution in [2.75, 3.05) is 6.54 Å². The van der Waals surface area contributed by atoms with Gasteiger partial charge in [0.1, 0.15) is 0 Å². The van der Waals surface area contributed by atoms with Crippen LogP contribution in [0.1, 0.15) is 0 Å². The molecule has 3 heteroatoms. The third-order valence-corrected chi connectivity index (χ3v) is 0.805. The number of hydrogen-bond acceptors (Lipinski definition) is 3. The Labute approximate surface area is 41.3 Å². The van der Waals surface area contributed by atoms with Crippen LogP contribution in [0.4, 0.5) is 0 Å². The molecule has 7 heavy (non-hydrogen) atoms. The van der Waals surface area contributed by atoms with E-state index in [1.807, 2.05) is 0 Å². The molecule has 0 aromatic heterocycles. The standard InChI is InChI=1S/C4H6N2O/c7-6-4-1-2-5-3-4/h1-2,5,7H,3H2/b6-4+. The maximum absolute atomic E-state index is 8.06. The zero-order chi connectivity index (χ0) is 5.11. The Hall–Kier alpha value is -0.990. The normalized spacial score (nSPS) is 23.1. The van der Waals surface area contributed by atoms with Crippen LogP contribution in [0.3, 0.4) is 0 Å². The molecule has 0 aliphatic carbocycles. The molecule has 0 fully saturated rings. The first-order chi connectivity index (χ1) is 3.43. The summed E-state index contributed by atoms with van der Waals surface area (Å²) in [6, 6.07) is 0. The summed E-state index contributed by atoms with van der Waals surface area (Å²) >= 11 is 0. The highest BCUT2D eigenvalue weighted by molar-refractivity contribution is 5.97. The van der Waals surface area contributed by atoms with Gasteiger partial charge in [-0.1, -0.05) is 5.16 Å². The summed E-state index contributed by atoms with van der Waals surface area (Å²) < 4.78 is 0. The summed E-state index contributed by atoms with van der Waals surface area (Å²) in [5.41, 5.74) is 0.681. The lowest BCUT2D eigenvalue weighted by Crippen LogP contribution is -2.06. The predicted octanol–water partition coefficient (Wildman–Crippen LogP) is -0.0665. The van der Waals surface area contributed by atoms with Crippen molar-refractivity contribution in [3.8, 4) is 0 Å². The Morgan fingerprint density at radius 1 is 1.86 bits per heavy atom. The van der Waals surface area contributed by atoms with Crippen molar-refractivity contribution in [2.45, 2.75) is 0 Å². The lowest BCUT2D eigenvalue weighted by molar-refractivity contribution is 0.319. The minimum atomic E-state index is 0.649. The van der Waals surface area contributed by atoms with Crippen molar-refractivity contribution >= 4 is 5.71 Å². The summed E-state index contributed by atoms with van der Waals surface area (Å²) in [7, 11) is 0. The van der Waals surface area contributed by atoms with Gasteiger partial charge in [-0.15, -0.1) is 0 Å². The molecule has 0 atom stereocenters. The van der Waals surface area contributed by atoms with Crippen LogP contribution < -0.4 is 5.32 Å². The van der Waals surface area contributed by atoms with E-state index in [2.05, 4.69) is 10.5 Å². The summed E-state index contributed by atoms with van der Waals surface area (Å²) in [6.45, 7) is 0.649. The predicted molar refractivity (Wildman–Crippen MR) is 26.4 cm³/mol. The fraction of sp³-hybridized carbons (Fsp3) is 0.250. The van der Waals surface area contributed by atoms with Gasteiger partial charge < -0.3 is 10.5 Å². The number of hydrogen-bond donors (Lipinski definition) is 2. The minimum absolute atomic E-state index is 0.649. The Morgan fingerprint density at radius 3 is 3.00 bits per heavy atom. The van der Waals surface area contributed by atoms with Crippen molar-refractivity contribution in [3.05, 3.63) is 12.3 Å². The number of rotatable bonds is 0. The number of oxime groups is 1. The van der Waals surface area contributed by atoms with E-state index in [1.165, 1.54) is 0 Å². The van der Waals surface area contributed by atoms with Crippen LogP contribution in [0.25, 0.3) is 0 Å². The van der Waals surface area contributed by atoms with Crippen LogP contribution in [0.15, 0.2) is 17.4 Å². The molecule has 1 heterocycles. The molecule has 0 saturated carbocycles. The molecule has 0 amide bonds. The molecule has 0 aromatic carbocycles. The summed E-state index contributed by atoms with van der Waals surface area (Å²) in [6.07, 6.45) is 3.47. The van der Waals surface area contributed by atoms with Gasteiger partial charge in [0.15, 0.2) is 0 Å². The van der Waals surface area contributed by atoms with Crippen molar-refractivity contribution in [2.24, 2.45) is 5.16 Å². The Balaban J connectivity index is 2.59. The molecule has 0 aromatic rings. The fourth-order valence-corrected chi connectivity index (χ4v) is 0.446. The molecule has 38 valence electrons. The van der Waals surface area contributed by atoms with Crippen molar-refractivity contribution < 1.29 is 5.21 Å². The molecule has 0 saturated heterocycles. The van der Waals surface area contributed by atoms with Gasteiger partial charge in [0, 0.05) is 0 Å². The zero-order valence-electron chi connectivity index (χ0n) is 3.76. The molecule has 2 N–H and O–H groups in total. The maximum Gasteiger partial charge on any atom is 0.1000 e. The molecule has 0 unspecified atom stereocenters. The highest BCUT2D eigenvalue weighted by Gasteiger charge is 1.96. The van der Waals surface area contributed by atoms with Gasteiger partial charge in [-0.25, -0.2) is 0 Å². The summed E-state index contributed by atoms with van der Waals surface area (Å²) in [4.78, 5) is 0. The van der Waals surface area contributed by atoms with Gasteiger partial charge in [-0.3, -0.25) is 0 Å². The second-order valence-corrected chi connectivity index (χ2v) is 1.31. The second-order valence-electron chi connectivity index (χ2n) is 1.31. The highest BCUT2D eigenvalue weighted by Crippen LogP contribution is 1.84. The molecule has 1 rings (SSSR count). The van der Waals surface area contributed by atoms with Crippen molar-refractivity contribution in [3.63, 3.8) is 0 Å². The molecule has 0 radical (unpaired) electrons. The largest absolute Gasteiger partial charge is 0.411 e. The first-order valence-electron chi connectivity index (χ1n) is 2.04. The molecule has 1 aliphatic rings. The van der Waals surface area contributed by atoms with Gasteiger partial charge in [0.25, 0.3) is 0 Å². The van der Waals surface area contributed by atoms with Gasteiger partial charge in [-0.2, -0.15) is 0 Å². The third-order valence-electron chi connectivity index (χ3n) is 0.805. The Morgan fingerprint density at radius 2 is 2.71 bits per heavy atom. The van der Waals surface area contributed by atoms with Crippen LogP contribution in [-0.4, -0.2) is 17.5 Å². The number of nitrogens with one attached hydrogen (secondary N) is 1. The molecule has 0 spiro atoms. The first-order valence-corrected chi connectivity index (χ1v) is 2.04. The highest BCUT2D eigenvalue weighted by atomic mass is 16.4. The first kappa shape index (κ1) is 4.18. The van der Waals surface area contributed by atoms with Crippen LogP contribution in [0.2, 0.25) is 0 Å². The number of nitrogens with zero attached hydrogens (tertiary/aromatic N) is 1. The van der Waals surface area contributed by atoms with E-state index in [1.54, 1.807) is 12.3 Å². The SMILES string of the molecule is O/N=C1\C=CNC1. The fourth-order valence-electron chi connectivity index (χ4n) is 0.446. The zero-order valence-corrected chi connectivity index (χ0v) is 3.76.